The number of hydrogen-bond donors (Lipinski definition) is 0. The van der Waals surface area contributed by atoms with Crippen LogP contribution >= 0.6 is 11.6 Å². The van der Waals surface area contributed by atoms with E-state index in [0.717, 1.165) is 29.0 Å². The molecule has 5 rings (SSSR count). The number of amides is 1. The molecular weight excluding hydrogens is 541 g/mol. The smallest absolute Gasteiger partial charge is 0.416 e. The monoisotopic (exact) mass is 568 g/mol. The number of aryl methyl sites for hydroxylation is 1. The number of hydrogen-bond acceptors (Lipinski definition) is 4. The Morgan fingerprint density at radius 2 is 1.70 bits per heavy atom. The minimum absolute atomic E-state index is 0.0912. The number of benzene rings is 3. The largest absolute Gasteiger partial charge is 0.489 e. The van der Waals surface area contributed by atoms with Crippen LogP contribution in [0, 0.1) is 6.92 Å². The van der Waals surface area contributed by atoms with E-state index in [-0.39, 0.29) is 19.0 Å². The van der Waals surface area contributed by atoms with Crippen LogP contribution in [0.1, 0.15) is 27.9 Å². The molecule has 0 aliphatic carbocycles. The number of nitrogens with zero attached hydrogens (tertiary/aromatic N) is 4. The Morgan fingerprint density at radius 1 is 0.925 bits per heavy atom. The van der Waals surface area contributed by atoms with Gasteiger partial charge in [-0.15, -0.1) is 0 Å². The topological polar surface area (TPSA) is 50.6 Å². The first-order valence-electron chi connectivity index (χ1n) is 12.8. The molecule has 2 heterocycles. The van der Waals surface area contributed by atoms with Crippen LogP contribution in [-0.2, 0) is 30.7 Å². The van der Waals surface area contributed by atoms with E-state index in [1.54, 1.807) is 21.7 Å². The predicted molar refractivity (Wildman–Crippen MR) is 147 cm³/mol. The van der Waals surface area contributed by atoms with E-state index in [1.807, 2.05) is 60.4 Å². The summed E-state index contributed by atoms with van der Waals surface area (Å²) in [5.41, 5.74) is 2.60. The van der Waals surface area contributed by atoms with Crippen molar-refractivity contribution >= 4 is 23.3 Å². The van der Waals surface area contributed by atoms with Crippen LogP contribution in [0.25, 0.3) is 0 Å². The SMILES string of the molecule is Cc1cc(N2CCN(Cc3cccc(C(F)(F)F)c3)CC2=O)nn1Cc1cc(Cl)ccc1OCc1ccccc1. The van der Waals surface area contributed by atoms with Crippen molar-refractivity contribution in [2.75, 3.05) is 24.5 Å². The molecule has 1 saturated heterocycles. The van der Waals surface area contributed by atoms with Gasteiger partial charge in [0.05, 0.1) is 18.7 Å². The number of piperazine rings is 1. The maximum atomic E-state index is 13.1. The predicted octanol–water partition coefficient (Wildman–Crippen LogP) is 6.34. The van der Waals surface area contributed by atoms with E-state index >= 15 is 0 Å². The lowest BCUT2D eigenvalue weighted by molar-refractivity contribution is -0.137. The van der Waals surface area contributed by atoms with Crippen LogP contribution in [0.3, 0.4) is 0 Å². The molecule has 4 aromatic rings. The fourth-order valence-corrected chi connectivity index (χ4v) is 4.89. The molecule has 0 saturated carbocycles. The zero-order valence-electron chi connectivity index (χ0n) is 21.9. The van der Waals surface area contributed by atoms with E-state index in [0.29, 0.717) is 48.4 Å². The van der Waals surface area contributed by atoms with Gasteiger partial charge in [-0.1, -0.05) is 60.1 Å². The second-order valence-corrected chi connectivity index (χ2v) is 10.2. The van der Waals surface area contributed by atoms with Crippen molar-refractivity contribution in [1.29, 1.82) is 0 Å². The second kappa shape index (κ2) is 11.7. The van der Waals surface area contributed by atoms with Crippen LogP contribution < -0.4 is 9.64 Å². The van der Waals surface area contributed by atoms with Crippen molar-refractivity contribution in [3.63, 3.8) is 0 Å². The average molecular weight is 569 g/mol. The number of halogens is 4. The lowest BCUT2D eigenvalue weighted by Crippen LogP contribution is -2.50. The minimum atomic E-state index is -4.40. The molecular formula is C30H28ClF3N4O2. The Balaban J connectivity index is 1.25. The van der Waals surface area contributed by atoms with Gasteiger partial charge in [-0.2, -0.15) is 18.3 Å². The third-order valence-corrected chi connectivity index (χ3v) is 7.02. The van der Waals surface area contributed by atoms with Gasteiger partial charge in [-0.05, 0) is 42.3 Å². The highest BCUT2D eigenvalue weighted by Gasteiger charge is 2.31. The fraction of sp³-hybridized carbons (Fsp3) is 0.267. The molecule has 1 aromatic heterocycles. The van der Waals surface area contributed by atoms with Crippen LogP contribution in [-0.4, -0.2) is 40.2 Å². The minimum Gasteiger partial charge on any atom is -0.489 e. The first-order valence-corrected chi connectivity index (χ1v) is 13.2. The highest BCUT2D eigenvalue weighted by atomic mass is 35.5. The van der Waals surface area contributed by atoms with Gasteiger partial charge in [0.2, 0.25) is 5.91 Å². The van der Waals surface area contributed by atoms with Crippen molar-refractivity contribution in [2.45, 2.75) is 32.8 Å². The number of rotatable bonds is 8. The third-order valence-electron chi connectivity index (χ3n) is 6.78. The quantitative estimate of drug-likeness (QED) is 0.249. The molecule has 0 radical (unpaired) electrons. The Kier molecular flexibility index (Phi) is 8.14. The molecule has 3 aromatic carbocycles. The van der Waals surface area contributed by atoms with Gasteiger partial charge in [0.25, 0.3) is 0 Å². The first kappa shape index (κ1) is 27.7. The van der Waals surface area contributed by atoms with E-state index in [1.165, 1.54) is 6.07 Å². The molecule has 0 spiro atoms. The fourth-order valence-electron chi connectivity index (χ4n) is 4.70. The summed E-state index contributed by atoms with van der Waals surface area (Å²) >= 11 is 6.29. The Hall–Kier alpha value is -3.82. The lowest BCUT2D eigenvalue weighted by atomic mass is 10.1. The molecule has 6 nitrogen and oxygen atoms in total. The molecule has 1 aliphatic heterocycles. The summed E-state index contributed by atoms with van der Waals surface area (Å²) in [4.78, 5) is 16.5. The van der Waals surface area contributed by atoms with Gasteiger partial charge in [-0.25, -0.2) is 0 Å². The van der Waals surface area contributed by atoms with Gasteiger partial charge < -0.3 is 4.74 Å². The maximum Gasteiger partial charge on any atom is 0.416 e. The van der Waals surface area contributed by atoms with Crippen LogP contribution in [0.4, 0.5) is 19.0 Å². The van der Waals surface area contributed by atoms with Crippen LogP contribution in [0.5, 0.6) is 5.75 Å². The number of carbonyl (C=O) groups is 1. The van der Waals surface area contributed by atoms with E-state index in [9.17, 15) is 18.0 Å². The van der Waals surface area contributed by atoms with Crippen molar-refractivity contribution in [2.24, 2.45) is 0 Å². The Bertz CT molecular complexity index is 1490. The van der Waals surface area contributed by atoms with Crippen LogP contribution in [0.15, 0.2) is 78.9 Å². The van der Waals surface area contributed by atoms with Gasteiger partial charge in [0.15, 0.2) is 5.82 Å². The zero-order chi connectivity index (χ0) is 28.3. The molecule has 1 aliphatic rings. The molecule has 1 amide bonds. The summed E-state index contributed by atoms with van der Waals surface area (Å²) in [6, 6.07) is 22.4. The summed E-state index contributed by atoms with van der Waals surface area (Å²) in [7, 11) is 0. The third kappa shape index (κ3) is 6.66. The number of ether oxygens (including phenoxy) is 1. The molecule has 0 atom stereocenters. The number of anilines is 1. The summed E-state index contributed by atoms with van der Waals surface area (Å²) in [6.07, 6.45) is -4.40. The van der Waals surface area contributed by atoms with Crippen molar-refractivity contribution in [1.82, 2.24) is 14.7 Å². The maximum absolute atomic E-state index is 13.1. The molecule has 10 heteroatoms. The molecule has 208 valence electrons. The van der Waals surface area contributed by atoms with Crippen molar-refractivity contribution < 1.29 is 22.7 Å². The summed E-state index contributed by atoms with van der Waals surface area (Å²) < 4.78 is 47.1. The summed E-state index contributed by atoms with van der Waals surface area (Å²) in [6.45, 7) is 3.99. The normalized spacial score (nSPS) is 14.5. The number of aromatic nitrogens is 2. The molecule has 0 N–H and O–H groups in total. The Morgan fingerprint density at radius 3 is 2.45 bits per heavy atom. The van der Waals surface area contributed by atoms with Crippen molar-refractivity contribution in [3.8, 4) is 5.75 Å². The van der Waals surface area contributed by atoms with E-state index < -0.39 is 11.7 Å². The first-order chi connectivity index (χ1) is 19.2. The summed E-state index contributed by atoms with van der Waals surface area (Å²) in [5, 5.41) is 5.28. The lowest BCUT2D eigenvalue weighted by Gasteiger charge is -2.33. The summed E-state index contributed by atoms with van der Waals surface area (Å²) in [5.74, 6) is 1.08. The highest BCUT2D eigenvalue weighted by Crippen LogP contribution is 2.30. The van der Waals surface area contributed by atoms with Gasteiger partial charge in [0.1, 0.15) is 12.4 Å². The molecule has 0 bridgehead atoms. The number of alkyl halides is 3. The zero-order valence-corrected chi connectivity index (χ0v) is 22.6. The molecule has 40 heavy (non-hydrogen) atoms. The molecule has 0 unspecified atom stereocenters. The van der Waals surface area contributed by atoms with E-state index in [2.05, 4.69) is 0 Å². The van der Waals surface area contributed by atoms with Crippen LogP contribution in [0.2, 0.25) is 5.02 Å². The average Bonchev–Trinajstić information content (AvgIpc) is 3.28. The Labute approximate surface area is 235 Å². The second-order valence-electron chi connectivity index (χ2n) is 9.78. The molecule has 1 fully saturated rings. The van der Waals surface area contributed by atoms with Gasteiger partial charge in [-0.3, -0.25) is 19.3 Å². The highest BCUT2D eigenvalue weighted by molar-refractivity contribution is 6.30. The van der Waals surface area contributed by atoms with Gasteiger partial charge >= 0.3 is 6.18 Å². The number of carbonyl (C=O) groups excluding carboxylic acids is 1. The van der Waals surface area contributed by atoms with Crippen molar-refractivity contribution in [3.05, 3.63) is 112 Å². The van der Waals surface area contributed by atoms with Gasteiger partial charge in [0, 0.05) is 42.0 Å². The van der Waals surface area contributed by atoms with E-state index in [4.69, 9.17) is 21.4 Å². The standard InChI is InChI=1S/C30H28ClF3N4O2/c1-21-14-28(37-13-12-36(19-29(37)39)17-23-8-5-9-25(15-23)30(32,33)34)35-38(21)18-24-16-26(31)10-11-27(24)40-20-22-6-3-2-4-7-22/h2-11,14-16H,12-13,17-20H2,1H3.